The van der Waals surface area contributed by atoms with Crippen LogP contribution in [0.15, 0.2) is 58.4 Å². The lowest BCUT2D eigenvalue weighted by atomic mass is 10.1. The lowest BCUT2D eigenvalue weighted by molar-refractivity contribution is 0.114. The Morgan fingerprint density at radius 2 is 1.81 bits per heavy atom. The molecule has 1 heterocycles. The molecule has 1 atom stereocenters. The Balaban J connectivity index is 1.52. The summed E-state index contributed by atoms with van der Waals surface area (Å²) < 4.78 is 33.1. The number of nitrogens with zero attached hydrogens (tertiary/aromatic N) is 2. The van der Waals surface area contributed by atoms with Crippen LogP contribution in [0.3, 0.4) is 0 Å². The maximum absolute atomic E-state index is 12.5. The molecular weight excluding hydrogens is 412 g/mol. The summed E-state index contributed by atoms with van der Waals surface area (Å²) in [6.07, 6.45) is 1.85. The first-order valence-electron chi connectivity index (χ1n) is 10.5. The molecule has 2 aromatic carbocycles. The van der Waals surface area contributed by atoms with Gasteiger partial charge >= 0.3 is 0 Å². The highest BCUT2D eigenvalue weighted by Crippen LogP contribution is 2.14. The van der Waals surface area contributed by atoms with Crippen molar-refractivity contribution in [1.29, 1.82) is 0 Å². The van der Waals surface area contributed by atoms with Crippen LogP contribution < -0.4 is 10.0 Å². The molecule has 2 N–H and O–H groups in total. The fraction of sp³-hybridized carbons (Fsp3) is 0.435. The number of hydrogen-bond donors (Lipinski definition) is 2. The van der Waals surface area contributed by atoms with E-state index in [1.54, 1.807) is 19.2 Å². The maximum Gasteiger partial charge on any atom is 0.240 e. The van der Waals surface area contributed by atoms with Gasteiger partial charge in [-0.2, -0.15) is 0 Å². The Morgan fingerprint density at radius 1 is 1.13 bits per heavy atom. The molecule has 2 aromatic rings. The van der Waals surface area contributed by atoms with Gasteiger partial charge in [0.1, 0.15) is 0 Å². The van der Waals surface area contributed by atoms with Crippen molar-refractivity contribution in [3.63, 3.8) is 0 Å². The molecule has 0 aliphatic carbocycles. The van der Waals surface area contributed by atoms with Crippen molar-refractivity contribution >= 4 is 16.0 Å². The van der Waals surface area contributed by atoms with E-state index in [9.17, 15) is 8.42 Å². The number of ether oxygens (including phenoxy) is 1. The number of nitrogens with one attached hydrogen (secondary N) is 2. The zero-order valence-corrected chi connectivity index (χ0v) is 19.3. The fourth-order valence-corrected chi connectivity index (χ4v) is 4.55. The lowest BCUT2D eigenvalue weighted by Crippen LogP contribution is -2.38. The van der Waals surface area contributed by atoms with Crippen molar-refractivity contribution in [1.82, 2.24) is 14.9 Å². The molecule has 0 amide bonds. The quantitative estimate of drug-likeness (QED) is 0.483. The number of aryl methyl sites for hydroxylation is 1. The van der Waals surface area contributed by atoms with Gasteiger partial charge in [0, 0.05) is 40.3 Å². The van der Waals surface area contributed by atoms with Gasteiger partial charge in [-0.25, -0.2) is 13.1 Å². The summed E-state index contributed by atoms with van der Waals surface area (Å²) in [7, 11) is 0.210. The van der Waals surface area contributed by atoms with Gasteiger partial charge in [0.05, 0.1) is 11.0 Å². The maximum atomic E-state index is 12.5. The van der Waals surface area contributed by atoms with E-state index in [4.69, 9.17) is 4.74 Å². The largest absolute Gasteiger partial charge is 0.377 e. The minimum absolute atomic E-state index is 0.0260. The van der Waals surface area contributed by atoms with Crippen LogP contribution >= 0.6 is 0 Å². The molecule has 168 valence electrons. The van der Waals surface area contributed by atoms with Gasteiger partial charge in [-0.1, -0.05) is 42.0 Å². The highest BCUT2D eigenvalue weighted by Gasteiger charge is 2.20. The van der Waals surface area contributed by atoms with Crippen LogP contribution in [0.5, 0.6) is 0 Å². The highest BCUT2D eigenvalue weighted by molar-refractivity contribution is 7.89. The number of rotatable bonds is 8. The van der Waals surface area contributed by atoms with Gasteiger partial charge in [0.15, 0.2) is 5.96 Å². The van der Waals surface area contributed by atoms with Crippen LogP contribution in [0.2, 0.25) is 0 Å². The summed E-state index contributed by atoms with van der Waals surface area (Å²) in [5, 5.41) is 3.33. The second-order valence-electron chi connectivity index (χ2n) is 7.87. The predicted octanol–water partition coefficient (Wildman–Crippen LogP) is 2.66. The number of aliphatic imine (C=N–C) groups is 1. The summed E-state index contributed by atoms with van der Waals surface area (Å²) in [4.78, 5) is 6.66. The Labute approximate surface area is 185 Å². The molecule has 1 aliphatic heterocycles. The van der Waals surface area contributed by atoms with Gasteiger partial charge in [0.2, 0.25) is 10.0 Å². The van der Waals surface area contributed by atoms with E-state index < -0.39 is 10.0 Å². The average Bonchev–Trinajstić information content (AvgIpc) is 3.29. The van der Waals surface area contributed by atoms with E-state index >= 15 is 0 Å². The molecule has 3 rings (SSSR count). The minimum atomic E-state index is -3.53. The molecule has 8 heteroatoms. The van der Waals surface area contributed by atoms with Crippen molar-refractivity contribution in [3.05, 3.63) is 65.2 Å². The number of guanidine groups is 1. The monoisotopic (exact) mass is 444 g/mol. The molecule has 1 aliphatic rings. The summed E-state index contributed by atoms with van der Waals surface area (Å²) in [5.74, 6) is 0.774. The Hall–Kier alpha value is -2.42. The first kappa shape index (κ1) is 23.2. The van der Waals surface area contributed by atoms with Crippen LogP contribution in [-0.2, 0) is 27.8 Å². The predicted molar refractivity (Wildman–Crippen MR) is 123 cm³/mol. The molecule has 7 nitrogen and oxygen atoms in total. The molecular formula is C23H32N4O3S. The van der Waals surface area contributed by atoms with E-state index in [1.807, 2.05) is 19.2 Å². The molecule has 31 heavy (non-hydrogen) atoms. The zero-order valence-electron chi connectivity index (χ0n) is 18.5. The van der Waals surface area contributed by atoms with Crippen molar-refractivity contribution in [2.75, 3.05) is 27.2 Å². The Morgan fingerprint density at radius 3 is 2.42 bits per heavy atom. The first-order valence-corrected chi connectivity index (χ1v) is 12.0. The second kappa shape index (κ2) is 10.7. The van der Waals surface area contributed by atoms with Crippen LogP contribution in [0.25, 0.3) is 0 Å². The Kier molecular flexibility index (Phi) is 8.06. The van der Waals surface area contributed by atoms with Crippen molar-refractivity contribution in [2.24, 2.45) is 4.99 Å². The fourth-order valence-electron chi connectivity index (χ4n) is 3.49. The molecule has 1 saturated heterocycles. The van der Waals surface area contributed by atoms with Crippen LogP contribution in [0.1, 0.15) is 29.5 Å². The zero-order chi connectivity index (χ0) is 22.3. The van der Waals surface area contributed by atoms with E-state index in [1.165, 1.54) is 11.1 Å². The second-order valence-corrected chi connectivity index (χ2v) is 9.64. The van der Waals surface area contributed by atoms with Crippen molar-refractivity contribution in [3.8, 4) is 0 Å². The lowest BCUT2D eigenvalue weighted by Gasteiger charge is -2.22. The van der Waals surface area contributed by atoms with E-state index in [-0.39, 0.29) is 11.0 Å². The number of benzene rings is 2. The highest BCUT2D eigenvalue weighted by atomic mass is 32.2. The van der Waals surface area contributed by atoms with Gasteiger partial charge in [-0.15, -0.1) is 0 Å². The number of sulfonamides is 1. The van der Waals surface area contributed by atoms with E-state index in [0.29, 0.717) is 19.7 Å². The summed E-state index contributed by atoms with van der Waals surface area (Å²) >= 11 is 0. The van der Waals surface area contributed by atoms with Crippen molar-refractivity contribution < 1.29 is 13.2 Å². The standard InChI is InChI=1S/C23H32N4O3S/c1-18-6-8-20(9-7-18)17-27(3)23(24-2)25-15-19-10-12-22(13-11-19)31(28,29)26-16-21-5-4-14-30-21/h6-13,21,26H,4-5,14-17H2,1-3H3,(H,24,25). The van der Waals surface area contributed by atoms with Crippen LogP contribution in [0.4, 0.5) is 0 Å². The third-order valence-electron chi connectivity index (χ3n) is 5.32. The first-order chi connectivity index (χ1) is 14.9. The normalized spacial score (nSPS) is 17.0. The molecule has 0 bridgehead atoms. The third kappa shape index (κ3) is 6.78. The molecule has 0 spiro atoms. The Bertz CT molecular complexity index is 967. The molecule has 0 saturated carbocycles. The summed E-state index contributed by atoms with van der Waals surface area (Å²) in [6.45, 7) is 4.39. The summed E-state index contributed by atoms with van der Waals surface area (Å²) in [5.41, 5.74) is 3.42. The van der Waals surface area contributed by atoms with Crippen LogP contribution in [0, 0.1) is 6.92 Å². The van der Waals surface area contributed by atoms with Gasteiger partial charge in [0.25, 0.3) is 0 Å². The van der Waals surface area contributed by atoms with E-state index in [0.717, 1.165) is 30.9 Å². The van der Waals surface area contributed by atoms with Gasteiger partial charge in [-0.05, 0) is 43.0 Å². The average molecular weight is 445 g/mol. The molecule has 0 aromatic heterocycles. The molecule has 0 radical (unpaired) electrons. The minimum Gasteiger partial charge on any atom is -0.377 e. The molecule has 1 fully saturated rings. The summed E-state index contributed by atoms with van der Waals surface area (Å²) in [6, 6.07) is 15.3. The third-order valence-corrected chi connectivity index (χ3v) is 6.76. The van der Waals surface area contributed by atoms with Crippen molar-refractivity contribution in [2.45, 2.75) is 43.9 Å². The number of hydrogen-bond acceptors (Lipinski definition) is 4. The topological polar surface area (TPSA) is 83.0 Å². The SMILES string of the molecule is CN=C(NCc1ccc(S(=O)(=O)NCC2CCCO2)cc1)N(C)Cc1ccc(C)cc1. The van der Waals surface area contributed by atoms with Crippen LogP contribution in [-0.4, -0.2) is 52.6 Å². The van der Waals surface area contributed by atoms with Gasteiger partial charge < -0.3 is 15.0 Å². The van der Waals surface area contributed by atoms with E-state index in [2.05, 4.69) is 51.1 Å². The van der Waals surface area contributed by atoms with Gasteiger partial charge in [-0.3, -0.25) is 4.99 Å². The smallest absolute Gasteiger partial charge is 0.240 e. The molecule has 1 unspecified atom stereocenters.